The van der Waals surface area contributed by atoms with Crippen molar-refractivity contribution in [3.05, 3.63) is 46.2 Å². The van der Waals surface area contributed by atoms with Crippen molar-refractivity contribution >= 4 is 17.2 Å². The lowest BCUT2D eigenvalue weighted by molar-refractivity contribution is 0.0829. The van der Waals surface area contributed by atoms with Crippen LogP contribution in [0.1, 0.15) is 35.9 Å². The number of rotatable bonds is 9. The molecule has 0 saturated heterocycles. The lowest BCUT2D eigenvalue weighted by Crippen LogP contribution is -2.29. The molecule has 1 atom stereocenters. The molecule has 0 saturated carbocycles. The number of amides is 1. The maximum atomic E-state index is 12.4. The van der Waals surface area contributed by atoms with Crippen molar-refractivity contribution in [2.75, 3.05) is 26.9 Å². The van der Waals surface area contributed by atoms with Crippen LogP contribution in [0.25, 0.3) is 0 Å². The summed E-state index contributed by atoms with van der Waals surface area (Å²) in [5, 5.41) is 6.91. The van der Waals surface area contributed by atoms with Gasteiger partial charge in [0.15, 0.2) is 11.5 Å². The number of thiophene rings is 1. The molecule has 1 aromatic heterocycles. The fourth-order valence-electron chi connectivity index (χ4n) is 2.28. The molecule has 0 fully saturated rings. The Labute approximate surface area is 146 Å². The molecule has 2 rings (SSSR count). The summed E-state index contributed by atoms with van der Waals surface area (Å²) in [4.78, 5) is 12.4. The zero-order valence-electron chi connectivity index (χ0n) is 14.2. The van der Waals surface area contributed by atoms with Gasteiger partial charge in [0.25, 0.3) is 5.91 Å². The van der Waals surface area contributed by atoms with Crippen LogP contribution in [0.5, 0.6) is 11.5 Å². The molecule has 0 unspecified atom stereocenters. The zero-order valence-corrected chi connectivity index (χ0v) is 15.0. The molecule has 1 aromatic carbocycles. The molecule has 0 aliphatic heterocycles. The summed E-state index contributed by atoms with van der Waals surface area (Å²) >= 11 is 1.60. The van der Waals surface area contributed by atoms with Gasteiger partial charge in [-0.25, -0.2) is 0 Å². The van der Waals surface area contributed by atoms with E-state index in [4.69, 9.17) is 14.2 Å². The van der Waals surface area contributed by atoms with E-state index in [9.17, 15) is 4.79 Å². The van der Waals surface area contributed by atoms with Crippen LogP contribution in [0.15, 0.2) is 35.0 Å². The van der Waals surface area contributed by atoms with Gasteiger partial charge in [-0.15, -0.1) is 0 Å². The third kappa shape index (κ3) is 4.72. The lowest BCUT2D eigenvalue weighted by Gasteiger charge is -2.16. The number of benzene rings is 1. The van der Waals surface area contributed by atoms with Gasteiger partial charge < -0.3 is 19.5 Å². The number of methoxy groups -OCH3 is 1. The Morgan fingerprint density at radius 1 is 1.17 bits per heavy atom. The van der Waals surface area contributed by atoms with Crippen LogP contribution in [-0.4, -0.2) is 32.8 Å². The quantitative estimate of drug-likeness (QED) is 0.750. The van der Waals surface area contributed by atoms with Crippen molar-refractivity contribution in [3.63, 3.8) is 0 Å². The normalized spacial score (nSPS) is 11.8. The predicted octanol–water partition coefficient (Wildman–Crippen LogP) is 3.66. The second-order valence-corrected chi connectivity index (χ2v) is 5.80. The van der Waals surface area contributed by atoms with Gasteiger partial charge in [0.05, 0.1) is 13.2 Å². The third-order valence-corrected chi connectivity index (χ3v) is 4.15. The van der Waals surface area contributed by atoms with E-state index in [0.29, 0.717) is 36.8 Å². The van der Waals surface area contributed by atoms with Crippen LogP contribution in [0.3, 0.4) is 0 Å². The van der Waals surface area contributed by atoms with Gasteiger partial charge in [-0.3, -0.25) is 4.79 Å². The van der Waals surface area contributed by atoms with Gasteiger partial charge in [-0.1, -0.05) is 0 Å². The number of ether oxygens (including phenoxy) is 3. The first-order chi connectivity index (χ1) is 11.7. The van der Waals surface area contributed by atoms with Crippen LogP contribution < -0.4 is 14.8 Å². The highest BCUT2D eigenvalue weighted by Crippen LogP contribution is 2.28. The minimum absolute atomic E-state index is 0.158. The van der Waals surface area contributed by atoms with Crippen LogP contribution >= 0.6 is 11.3 Å². The van der Waals surface area contributed by atoms with Crippen molar-refractivity contribution in [2.24, 2.45) is 0 Å². The monoisotopic (exact) mass is 349 g/mol. The molecule has 1 heterocycles. The first kappa shape index (κ1) is 18.3. The van der Waals surface area contributed by atoms with Crippen LogP contribution in [-0.2, 0) is 4.74 Å². The van der Waals surface area contributed by atoms with Crippen molar-refractivity contribution in [2.45, 2.75) is 20.0 Å². The van der Waals surface area contributed by atoms with Crippen LogP contribution in [0.2, 0.25) is 0 Å². The summed E-state index contributed by atoms with van der Waals surface area (Å²) < 4.78 is 16.5. The van der Waals surface area contributed by atoms with Crippen molar-refractivity contribution < 1.29 is 19.0 Å². The smallest absolute Gasteiger partial charge is 0.251 e. The van der Waals surface area contributed by atoms with Gasteiger partial charge in [-0.2, -0.15) is 11.3 Å². The molecular weight excluding hydrogens is 326 g/mol. The summed E-state index contributed by atoms with van der Waals surface area (Å²) in [5.41, 5.74) is 1.59. The Hall–Kier alpha value is -2.05. The number of nitrogens with one attached hydrogen (secondary N) is 1. The number of hydrogen-bond acceptors (Lipinski definition) is 5. The van der Waals surface area contributed by atoms with E-state index in [0.717, 1.165) is 5.56 Å². The summed E-state index contributed by atoms with van der Waals surface area (Å²) in [7, 11) is 1.64. The largest absolute Gasteiger partial charge is 0.490 e. The van der Waals surface area contributed by atoms with Gasteiger partial charge in [0, 0.05) is 19.2 Å². The SMILES string of the molecule is CCOc1ccc(C(=O)NC[C@H](OC)c2ccsc2)cc1OCC. The number of hydrogen-bond donors (Lipinski definition) is 1. The molecule has 130 valence electrons. The summed E-state index contributed by atoms with van der Waals surface area (Å²) in [6.07, 6.45) is -0.158. The molecule has 1 N–H and O–H groups in total. The Balaban J connectivity index is 2.04. The maximum Gasteiger partial charge on any atom is 0.251 e. The van der Waals surface area contributed by atoms with E-state index in [1.54, 1.807) is 36.6 Å². The molecule has 6 heteroatoms. The minimum atomic E-state index is -0.170. The average Bonchev–Trinajstić information content (AvgIpc) is 3.11. The standard InChI is InChI=1S/C18H23NO4S/c1-4-22-15-7-6-13(10-16(15)23-5-2)18(20)19-11-17(21-3)14-8-9-24-12-14/h6-10,12,17H,4-5,11H2,1-3H3,(H,19,20)/t17-/m0/s1. The van der Waals surface area contributed by atoms with Crippen LogP contribution in [0.4, 0.5) is 0 Å². The molecule has 0 radical (unpaired) electrons. The number of carbonyl (C=O) groups is 1. The Morgan fingerprint density at radius 3 is 2.54 bits per heavy atom. The molecule has 2 aromatic rings. The molecule has 5 nitrogen and oxygen atoms in total. The Bertz CT molecular complexity index is 642. The summed E-state index contributed by atoms with van der Waals surface area (Å²) in [5.74, 6) is 1.05. The van der Waals surface area contributed by atoms with E-state index in [1.165, 1.54) is 0 Å². The second kappa shape index (κ2) is 9.30. The first-order valence-corrected chi connectivity index (χ1v) is 8.86. The highest BCUT2D eigenvalue weighted by molar-refractivity contribution is 7.07. The molecule has 24 heavy (non-hydrogen) atoms. The summed E-state index contributed by atoms with van der Waals surface area (Å²) in [6.45, 7) is 5.26. The van der Waals surface area contributed by atoms with Gasteiger partial charge in [0.2, 0.25) is 0 Å². The molecular formula is C18H23NO4S. The average molecular weight is 349 g/mol. The van der Waals surface area contributed by atoms with E-state index in [1.807, 2.05) is 30.7 Å². The third-order valence-electron chi connectivity index (χ3n) is 3.45. The molecule has 0 bridgehead atoms. The van der Waals surface area contributed by atoms with E-state index in [2.05, 4.69) is 5.32 Å². The van der Waals surface area contributed by atoms with Crippen LogP contribution in [0, 0.1) is 0 Å². The number of carbonyl (C=O) groups excluding carboxylic acids is 1. The second-order valence-electron chi connectivity index (χ2n) is 5.02. The van der Waals surface area contributed by atoms with E-state index in [-0.39, 0.29) is 12.0 Å². The summed E-state index contributed by atoms with van der Waals surface area (Å²) in [6, 6.07) is 7.19. The highest BCUT2D eigenvalue weighted by atomic mass is 32.1. The van der Waals surface area contributed by atoms with Crippen molar-refractivity contribution in [3.8, 4) is 11.5 Å². The van der Waals surface area contributed by atoms with Gasteiger partial charge in [-0.05, 0) is 54.4 Å². The predicted molar refractivity (Wildman–Crippen MR) is 95.2 cm³/mol. The van der Waals surface area contributed by atoms with E-state index < -0.39 is 0 Å². The zero-order chi connectivity index (χ0) is 17.4. The maximum absolute atomic E-state index is 12.4. The van der Waals surface area contributed by atoms with Gasteiger partial charge in [0.1, 0.15) is 6.10 Å². The molecule has 1 amide bonds. The lowest BCUT2D eigenvalue weighted by atomic mass is 10.1. The van der Waals surface area contributed by atoms with Crippen molar-refractivity contribution in [1.29, 1.82) is 0 Å². The molecule has 0 spiro atoms. The first-order valence-electron chi connectivity index (χ1n) is 7.92. The van der Waals surface area contributed by atoms with Gasteiger partial charge >= 0.3 is 0 Å². The molecule has 0 aliphatic carbocycles. The fraction of sp³-hybridized carbons (Fsp3) is 0.389. The highest BCUT2D eigenvalue weighted by Gasteiger charge is 2.15. The molecule has 0 aliphatic rings. The minimum Gasteiger partial charge on any atom is -0.490 e. The fourth-order valence-corrected chi connectivity index (χ4v) is 2.98. The Kier molecular flexibility index (Phi) is 7.08. The topological polar surface area (TPSA) is 56.8 Å². The van der Waals surface area contributed by atoms with Crippen molar-refractivity contribution in [1.82, 2.24) is 5.32 Å². The van der Waals surface area contributed by atoms with E-state index >= 15 is 0 Å². The Morgan fingerprint density at radius 2 is 1.92 bits per heavy atom.